The van der Waals surface area contributed by atoms with Gasteiger partial charge in [-0.2, -0.15) is 0 Å². The Balaban J connectivity index is 1.71. The lowest BCUT2D eigenvalue weighted by atomic mass is 9.73. The number of halogens is 1. The summed E-state index contributed by atoms with van der Waals surface area (Å²) < 4.78 is 27.8. The van der Waals surface area contributed by atoms with Crippen LogP contribution in [0.15, 0.2) is 0 Å². The smallest absolute Gasteiger partial charge is 0.306 e. The molecule has 5 nitrogen and oxygen atoms in total. The molecule has 2 saturated heterocycles. The molecule has 1 atom stereocenters. The molecular formula is C12H18ClNO4S. The summed E-state index contributed by atoms with van der Waals surface area (Å²) in [5.74, 6) is -0.547. The third-order valence-corrected chi connectivity index (χ3v) is 5.74. The van der Waals surface area contributed by atoms with Gasteiger partial charge in [-0.15, -0.1) is 0 Å². The van der Waals surface area contributed by atoms with Crippen LogP contribution in [0, 0.1) is 5.41 Å². The van der Waals surface area contributed by atoms with E-state index < -0.39 is 15.2 Å². The van der Waals surface area contributed by atoms with Gasteiger partial charge in [0.1, 0.15) is 11.9 Å². The quantitative estimate of drug-likeness (QED) is 0.577. The van der Waals surface area contributed by atoms with Crippen LogP contribution in [0.4, 0.5) is 0 Å². The van der Waals surface area contributed by atoms with Gasteiger partial charge in [0.25, 0.3) is 0 Å². The molecule has 0 N–H and O–H groups in total. The molecule has 19 heavy (non-hydrogen) atoms. The summed E-state index contributed by atoms with van der Waals surface area (Å²) in [6.45, 7) is 1.86. The first-order chi connectivity index (χ1) is 8.88. The van der Waals surface area contributed by atoms with Crippen LogP contribution in [0.3, 0.4) is 0 Å². The SMILES string of the molecule is O=C1CC2(CCN(C3CC3)CC2)C(CS(=O)(=O)Cl)O1. The van der Waals surface area contributed by atoms with Crippen LogP contribution in [0.2, 0.25) is 0 Å². The second-order valence-electron chi connectivity index (χ2n) is 5.99. The molecule has 2 aliphatic heterocycles. The molecule has 0 bridgehead atoms. The van der Waals surface area contributed by atoms with Crippen LogP contribution in [0.5, 0.6) is 0 Å². The molecule has 1 saturated carbocycles. The number of piperidine rings is 1. The zero-order valence-electron chi connectivity index (χ0n) is 10.7. The number of carbonyl (C=O) groups is 1. The standard InChI is InChI=1S/C12H18ClNO4S/c13-19(16,17)8-10-12(7-11(15)18-10)3-5-14(6-4-12)9-1-2-9/h9-10H,1-8H2. The van der Waals surface area contributed by atoms with Gasteiger partial charge in [0.2, 0.25) is 9.05 Å². The minimum absolute atomic E-state index is 0.260. The lowest BCUT2D eigenvalue weighted by Gasteiger charge is -2.40. The monoisotopic (exact) mass is 307 g/mol. The van der Waals surface area contributed by atoms with E-state index in [1.54, 1.807) is 0 Å². The van der Waals surface area contributed by atoms with E-state index >= 15 is 0 Å². The second kappa shape index (κ2) is 4.60. The molecule has 1 aliphatic carbocycles. The fraction of sp³-hybridized carbons (Fsp3) is 0.917. The van der Waals surface area contributed by atoms with E-state index in [1.165, 1.54) is 12.8 Å². The van der Waals surface area contributed by atoms with Gasteiger partial charge >= 0.3 is 5.97 Å². The van der Waals surface area contributed by atoms with Crippen molar-refractivity contribution < 1.29 is 17.9 Å². The summed E-state index contributed by atoms with van der Waals surface area (Å²) in [6.07, 6.45) is 3.95. The average molecular weight is 308 g/mol. The fourth-order valence-corrected chi connectivity index (χ4v) is 4.52. The van der Waals surface area contributed by atoms with Crippen LogP contribution >= 0.6 is 10.7 Å². The van der Waals surface area contributed by atoms with Gasteiger partial charge in [-0.25, -0.2) is 8.42 Å². The average Bonchev–Trinajstić information content (AvgIpc) is 3.07. The van der Waals surface area contributed by atoms with Crippen LogP contribution < -0.4 is 0 Å². The van der Waals surface area contributed by atoms with Gasteiger partial charge in [0.15, 0.2) is 0 Å². The van der Waals surface area contributed by atoms with E-state index in [0.29, 0.717) is 12.5 Å². The Bertz CT molecular complexity index is 480. The molecule has 0 aromatic heterocycles. The number of esters is 1. The first-order valence-electron chi connectivity index (χ1n) is 6.74. The lowest BCUT2D eigenvalue weighted by molar-refractivity contribution is -0.141. The molecule has 1 unspecified atom stereocenters. The topological polar surface area (TPSA) is 63.7 Å². The Labute approximate surface area is 117 Å². The Morgan fingerprint density at radius 1 is 1.32 bits per heavy atom. The second-order valence-corrected chi connectivity index (χ2v) is 8.81. The van der Waals surface area contributed by atoms with Gasteiger partial charge in [-0.3, -0.25) is 4.79 Å². The molecule has 3 rings (SSSR count). The van der Waals surface area contributed by atoms with Crippen molar-refractivity contribution in [3.63, 3.8) is 0 Å². The van der Waals surface area contributed by atoms with E-state index in [1.807, 2.05) is 0 Å². The Hall–Kier alpha value is -0.330. The van der Waals surface area contributed by atoms with E-state index in [0.717, 1.165) is 25.9 Å². The van der Waals surface area contributed by atoms with Crippen molar-refractivity contribution in [2.24, 2.45) is 5.41 Å². The molecule has 3 fully saturated rings. The highest BCUT2D eigenvalue weighted by atomic mass is 35.7. The number of hydrogen-bond acceptors (Lipinski definition) is 5. The number of carbonyl (C=O) groups excluding carboxylic acids is 1. The van der Waals surface area contributed by atoms with Crippen LogP contribution in [0.25, 0.3) is 0 Å². The van der Waals surface area contributed by atoms with Gasteiger partial charge in [0, 0.05) is 22.1 Å². The first-order valence-corrected chi connectivity index (χ1v) is 9.22. The number of cyclic esters (lactones) is 1. The highest BCUT2D eigenvalue weighted by Gasteiger charge is 2.52. The van der Waals surface area contributed by atoms with Gasteiger partial charge in [-0.1, -0.05) is 0 Å². The lowest BCUT2D eigenvalue weighted by Crippen LogP contribution is -2.46. The van der Waals surface area contributed by atoms with Crippen molar-refractivity contribution in [3.8, 4) is 0 Å². The van der Waals surface area contributed by atoms with Gasteiger partial charge < -0.3 is 9.64 Å². The number of hydrogen-bond donors (Lipinski definition) is 0. The van der Waals surface area contributed by atoms with E-state index in [2.05, 4.69) is 4.90 Å². The number of likely N-dealkylation sites (tertiary alicyclic amines) is 1. The Kier molecular flexibility index (Phi) is 3.30. The molecule has 3 aliphatic rings. The van der Waals surface area contributed by atoms with Crippen molar-refractivity contribution in [3.05, 3.63) is 0 Å². The molecule has 0 aromatic rings. The molecule has 7 heteroatoms. The number of ether oxygens (including phenoxy) is 1. The molecule has 0 amide bonds. The minimum atomic E-state index is -3.64. The van der Waals surface area contributed by atoms with Crippen LogP contribution in [-0.4, -0.2) is 50.3 Å². The molecule has 0 radical (unpaired) electrons. The van der Waals surface area contributed by atoms with Crippen molar-refractivity contribution >= 4 is 25.7 Å². The molecular weight excluding hydrogens is 290 g/mol. The third-order valence-electron chi connectivity index (χ3n) is 4.66. The minimum Gasteiger partial charge on any atom is -0.461 e. The molecule has 108 valence electrons. The zero-order valence-corrected chi connectivity index (χ0v) is 12.3. The third kappa shape index (κ3) is 2.90. The molecule has 1 spiro atoms. The summed E-state index contributed by atoms with van der Waals surface area (Å²) in [5.41, 5.74) is -0.315. The highest BCUT2D eigenvalue weighted by molar-refractivity contribution is 8.13. The van der Waals surface area contributed by atoms with Crippen molar-refractivity contribution in [1.82, 2.24) is 4.90 Å². The summed E-state index contributed by atoms with van der Waals surface area (Å²) in [7, 11) is 1.68. The van der Waals surface area contributed by atoms with E-state index in [-0.39, 0.29) is 17.1 Å². The summed E-state index contributed by atoms with van der Waals surface area (Å²) in [5, 5.41) is 0. The normalized spacial score (nSPS) is 31.6. The van der Waals surface area contributed by atoms with E-state index in [9.17, 15) is 13.2 Å². The summed E-state index contributed by atoms with van der Waals surface area (Å²) in [4.78, 5) is 14.0. The molecule has 0 aromatic carbocycles. The van der Waals surface area contributed by atoms with Crippen LogP contribution in [0.1, 0.15) is 32.1 Å². The zero-order chi connectivity index (χ0) is 13.7. The Morgan fingerprint density at radius 2 is 1.95 bits per heavy atom. The maximum Gasteiger partial charge on any atom is 0.306 e. The number of nitrogens with zero attached hydrogens (tertiary/aromatic N) is 1. The van der Waals surface area contributed by atoms with E-state index in [4.69, 9.17) is 15.4 Å². The predicted octanol–water partition coefficient (Wildman–Crippen LogP) is 1.12. The van der Waals surface area contributed by atoms with Crippen molar-refractivity contribution in [2.75, 3.05) is 18.8 Å². The van der Waals surface area contributed by atoms with Crippen molar-refractivity contribution in [2.45, 2.75) is 44.2 Å². The Morgan fingerprint density at radius 3 is 2.47 bits per heavy atom. The summed E-state index contributed by atoms with van der Waals surface area (Å²) >= 11 is 0. The van der Waals surface area contributed by atoms with Gasteiger partial charge in [0.05, 0.1) is 6.42 Å². The maximum absolute atomic E-state index is 11.6. The van der Waals surface area contributed by atoms with Crippen molar-refractivity contribution in [1.29, 1.82) is 0 Å². The van der Waals surface area contributed by atoms with Gasteiger partial charge in [-0.05, 0) is 38.8 Å². The predicted molar refractivity (Wildman–Crippen MR) is 70.4 cm³/mol. The number of rotatable bonds is 3. The summed E-state index contributed by atoms with van der Waals surface area (Å²) in [6, 6.07) is 0.714. The van der Waals surface area contributed by atoms with Crippen LogP contribution in [-0.2, 0) is 18.6 Å². The molecule has 2 heterocycles. The largest absolute Gasteiger partial charge is 0.461 e. The highest BCUT2D eigenvalue weighted by Crippen LogP contribution is 2.46. The maximum atomic E-state index is 11.6. The fourth-order valence-electron chi connectivity index (χ4n) is 3.39. The first kappa shape index (κ1) is 13.6.